The number of thioether (sulfide) groups is 1. The molecule has 2 aromatic carbocycles. The Morgan fingerprint density at radius 2 is 1.69 bits per heavy atom. The van der Waals surface area contributed by atoms with E-state index in [0.717, 1.165) is 17.7 Å². The summed E-state index contributed by atoms with van der Waals surface area (Å²) in [5.41, 5.74) is 4.09. The Morgan fingerprint density at radius 3 is 2.38 bits per heavy atom. The number of fused-ring (bicyclic) bond motifs is 1. The molecule has 29 heavy (non-hydrogen) atoms. The Labute approximate surface area is 174 Å². The van der Waals surface area contributed by atoms with Crippen LogP contribution < -0.4 is 4.74 Å². The molecular formula is C22H26O6S. The van der Waals surface area contributed by atoms with Gasteiger partial charge in [0.1, 0.15) is 42.2 Å². The van der Waals surface area contributed by atoms with Crippen molar-refractivity contribution >= 4 is 11.8 Å². The highest BCUT2D eigenvalue weighted by molar-refractivity contribution is 7.99. The normalized spacial score (nSPS) is 31.8. The van der Waals surface area contributed by atoms with Gasteiger partial charge >= 0.3 is 0 Å². The molecule has 0 bridgehead atoms. The summed E-state index contributed by atoms with van der Waals surface area (Å²) < 4.78 is 11.5. The molecule has 2 aliphatic rings. The highest BCUT2D eigenvalue weighted by Gasteiger charge is 2.44. The van der Waals surface area contributed by atoms with Gasteiger partial charge < -0.3 is 29.9 Å². The summed E-state index contributed by atoms with van der Waals surface area (Å²) in [6.45, 7) is 1.68. The monoisotopic (exact) mass is 418 g/mol. The summed E-state index contributed by atoms with van der Waals surface area (Å²) in [7, 11) is 0. The van der Waals surface area contributed by atoms with E-state index in [9.17, 15) is 20.4 Å². The van der Waals surface area contributed by atoms with Crippen LogP contribution in [0.4, 0.5) is 0 Å². The van der Waals surface area contributed by atoms with E-state index in [1.807, 2.05) is 12.1 Å². The van der Waals surface area contributed by atoms with Crippen molar-refractivity contribution in [3.05, 3.63) is 64.7 Å². The Hall–Kier alpha value is -1.61. The zero-order chi connectivity index (χ0) is 20.5. The zero-order valence-corrected chi connectivity index (χ0v) is 17.0. The minimum absolute atomic E-state index is 0.0782. The lowest BCUT2D eigenvalue weighted by Crippen LogP contribution is -2.55. The maximum atomic E-state index is 10.5. The smallest absolute Gasteiger partial charge is 0.135 e. The molecule has 0 aliphatic carbocycles. The van der Waals surface area contributed by atoms with Gasteiger partial charge in [0.25, 0.3) is 0 Å². The molecule has 0 aromatic heterocycles. The van der Waals surface area contributed by atoms with Crippen LogP contribution in [-0.4, -0.2) is 57.4 Å². The van der Waals surface area contributed by atoms with E-state index in [4.69, 9.17) is 9.47 Å². The number of rotatable bonds is 4. The van der Waals surface area contributed by atoms with Gasteiger partial charge in [0.15, 0.2) is 0 Å². The predicted molar refractivity (Wildman–Crippen MR) is 110 cm³/mol. The first-order valence-electron chi connectivity index (χ1n) is 9.81. The van der Waals surface area contributed by atoms with Crippen LogP contribution in [-0.2, 0) is 11.2 Å². The lowest BCUT2D eigenvalue weighted by atomic mass is 9.89. The molecule has 6 atom stereocenters. The molecule has 0 amide bonds. The van der Waals surface area contributed by atoms with Crippen molar-refractivity contribution in [1.29, 1.82) is 0 Å². The summed E-state index contributed by atoms with van der Waals surface area (Å²) in [5, 5.41) is 40.2. The standard InChI is InChI=1S/C22H26O6S/c1-2-12-3-5-13(6-4-12)22-15-9-14(7-8-16(15)27-11-29-22)21-20(26)19(25)18(24)17(10-23)28-21/h3-9,17-26H,2,10-11H2,1H3/t17?,18?,19?,20?,21?,22-/m0/s1. The van der Waals surface area contributed by atoms with Gasteiger partial charge in [-0.05, 0) is 35.2 Å². The number of hydrogen-bond acceptors (Lipinski definition) is 7. The van der Waals surface area contributed by atoms with Crippen molar-refractivity contribution in [3.8, 4) is 5.75 Å². The first kappa shape index (κ1) is 20.7. The maximum absolute atomic E-state index is 10.5. The lowest BCUT2D eigenvalue weighted by molar-refractivity contribution is -0.231. The fourth-order valence-electron chi connectivity index (χ4n) is 3.92. The van der Waals surface area contributed by atoms with Gasteiger partial charge in [-0.15, -0.1) is 11.8 Å². The molecule has 1 saturated heterocycles. The van der Waals surface area contributed by atoms with Crippen molar-refractivity contribution < 1.29 is 29.9 Å². The minimum atomic E-state index is -1.40. The van der Waals surface area contributed by atoms with Crippen LogP contribution in [0, 0.1) is 0 Å². The van der Waals surface area contributed by atoms with Crippen molar-refractivity contribution in [2.24, 2.45) is 0 Å². The summed E-state index contributed by atoms with van der Waals surface area (Å²) >= 11 is 1.68. The fourth-order valence-corrected chi connectivity index (χ4v) is 4.96. The summed E-state index contributed by atoms with van der Waals surface area (Å²) in [5.74, 6) is 1.33. The molecule has 0 saturated carbocycles. The van der Waals surface area contributed by atoms with E-state index in [-0.39, 0.29) is 5.25 Å². The van der Waals surface area contributed by atoms with Gasteiger partial charge in [0, 0.05) is 5.56 Å². The van der Waals surface area contributed by atoms with E-state index >= 15 is 0 Å². The van der Waals surface area contributed by atoms with Crippen LogP contribution in [0.15, 0.2) is 42.5 Å². The van der Waals surface area contributed by atoms with E-state index in [1.165, 1.54) is 11.1 Å². The molecule has 4 N–H and O–H groups in total. The second-order valence-electron chi connectivity index (χ2n) is 7.45. The molecule has 0 radical (unpaired) electrons. The number of aliphatic hydroxyl groups excluding tert-OH is 4. The Balaban J connectivity index is 1.67. The summed E-state index contributed by atoms with van der Waals surface area (Å²) in [4.78, 5) is 0. The van der Waals surface area contributed by atoms with Crippen LogP contribution in [0.25, 0.3) is 0 Å². The van der Waals surface area contributed by atoms with Crippen LogP contribution in [0.2, 0.25) is 0 Å². The maximum Gasteiger partial charge on any atom is 0.135 e. The SMILES string of the molecule is CCc1ccc([C@@H]2SCOc3ccc(C4OC(CO)C(O)C(O)C4O)cc32)cc1. The number of aliphatic hydroxyl groups is 4. The largest absolute Gasteiger partial charge is 0.483 e. The molecule has 6 nitrogen and oxygen atoms in total. The number of hydrogen-bond donors (Lipinski definition) is 4. The molecule has 7 heteroatoms. The highest BCUT2D eigenvalue weighted by atomic mass is 32.2. The summed E-state index contributed by atoms with van der Waals surface area (Å²) in [6, 6.07) is 14.1. The lowest BCUT2D eigenvalue weighted by Gasteiger charge is -2.40. The zero-order valence-electron chi connectivity index (χ0n) is 16.1. The predicted octanol–water partition coefficient (Wildman–Crippen LogP) is 1.94. The van der Waals surface area contributed by atoms with Gasteiger partial charge in [-0.25, -0.2) is 0 Å². The third kappa shape index (κ3) is 3.91. The minimum Gasteiger partial charge on any atom is -0.483 e. The number of aryl methyl sites for hydroxylation is 1. The molecule has 2 aliphatic heterocycles. The first-order chi connectivity index (χ1) is 14.0. The van der Waals surface area contributed by atoms with Gasteiger partial charge in [-0.3, -0.25) is 0 Å². The molecule has 2 heterocycles. The highest BCUT2D eigenvalue weighted by Crippen LogP contribution is 2.46. The molecule has 5 unspecified atom stereocenters. The van der Waals surface area contributed by atoms with Crippen molar-refractivity contribution in [1.82, 2.24) is 0 Å². The van der Waals surface area contributed by atoms with Gasteiger partial charge in [0.05, 0.1) is 11.9 Å². The third-order valence-electron chi connectivity index (χ3n) is 5.68. The summed E-state index contributed by atoms with van der Waals surface area (Å²) in [6.07, 6.45) is -4.87. The van der Waals surface area contributed by atoms with Gasteiger partial charge in [-0.2, -0.15) is 0 Å². The van der Waals surface area contributed by atoms with Crippen molar-refractivity contribution in [3.63, 3.8) is 0 Å². The second-order valence-corrected chi connectivity index (χ2v) is 8.49. The Kier molecular flexibility index (Phi) is 6.15. The molecule has 2 aromatic rings. The van der Waals surface area contributed by atoms with E-state index < -0.39 is 37.1 Å². The third-order valence-corrected chi connectivity index (χ3v) is 6.79. The van der Waals surface area contributed by atoms with Gasteiger partial charge in [-0.1, -0.05) is 37.3 Å². The molecule has 156 valence electrons. The molecule has 0 spiro atoms. The Morgan fingerprint density at radius 1 is 0.966 bits per heavy atom. The topological polar surface area (TPSA) is 99.4 Å². The quantitative estimate of drug-likeness (QED) is 0.602. The molecular weight excluding hydrogens is 392 g/mol. The number of benzene rings is 2. The van der Waals surface area contributed by atoms with Crippen LogP contribution in [0.1, 0.15) is 40.5 Å². The molecule has 4 rings (SSSR count). The second kappa shape index (κ2) is 8.63. The van der Waals surface area contributed by atoms with Crippen molar-refractivity contribution in [2.75, 3.05) is 12.5 Å². The van der Waals surface area contributed by atoms with Crippen molar-refractivity contribution in [2.45, 2.75) is 49.1 Å². The average molecular weight is 419 g/mol. The molecule has 1 fully saturated rings. The van der Waals surface area contributed by atoms with E-state index in [1.54, 1.807) is 17.8 Å². The van der Waals surface area contributed by atoms with Crippen LogP contribution >= 0.6 is 11.8 Å². The average Bonchev–Trinajstić information content (AvgIpc) is 2.77. The van der Waals surface area contributed by atoms with Crippen LogP contribution in [0.5, 0.6) is 5.75 Å². The van der Waals surface area contributed by atoms with Gasteiger partial charge in [0.2, 0.25) is 0 Å². The first-order valence-corrected chi connectivity index (χ1v) is 10.9. The fraction of sp³-hybridized carbons (Fsp3) is 0.455. The van der Waals surface area contributed by atoms with Crippen LogP contribution in [0.3, 0.4) is 0 Å². The Bertz CT molecular complexity index is 840. The van der Waals surface area contributed by atoms with E-state index in [0.29, 0.717) is 11.5 Å². The number of ether oxygens (including phenoxy) is 2. The van der Waals surface area contributed by atoms with E-state index in [2.05, 4.69) is 31.2 Å².